The molecule has 0 aromatic carbocycles. The van der Waals surface area contributed by atoms with E-state index < -0.39 is 12.1 Å². The molecule has 1 atom stereocenters. The van der Waals surface area contributed by atoms with Gasteiger partial charge in [0.15, 0.2) is 6.10 Å². The predicted octanol–water partition coefficient (Wildman–Crippen LogP) is 2.00. The summed E-state index contributed by atoms with van der Waals surface area (Å²) in [5, 5.41) is 17.7. The van der Waals surface area contributed by atoms with Gasteiger partial charge in [-0.25, -0.2) is 4.79 Å². The van der Waals surface area contributed by atoms with Crippen molar-refractivity contribution in [2.75, 3.05) is 0 Å². The maximum Gasteiger partial charge on any atom is 0.332 e. The van der Waals surface area contributed by atoms with Crippen LogP contribution in [0.25, 0.3) is 0 Å². The summed E-state index contributed by atoms with van der Waals surface area (Å²) in [6, 6.07) is 0. The number of carboxylic acid groups (broad SMARTS) is 1. The topological polar surface area (TPSA) is 184 Å². The molecule has 0 rings (SSSR count). The molecular weight excluding hydrogens is 376 g/mol. The van der Waals surface area contributed by atoms with Gasteiger partial charge < -0.3 is 32.1 Å². The summed E-state index contributed by atoms with van der Waals surface area (Å²) in [6.45, 7) is 2.26. The third-order valence-electron chi connectivity index (χ3n) is 4.12. The van der Waals surface area contributed by atoms with Crippen molar-refractivity contribution in [3.8, 4) is 0 Å². The molecule has 162 valence electrons. The average Bonchev–Trinajstić information content (AvgIpc) is 2.47. The van der Waals surface area contributed by atoms with E-state index in [2.05, 4.69) is 6.92 Å². The Morgan fingerprint density at radius 1 is 0.654 bits per heavy atom. The maximum atomic E-state index is 10.4. The van der Waals surface area contributed by atoms with Crippen molar-refractivity contribution >= 4 is 5.97 Å². The Labute approximate surface area is 174 Å². The number of hydrogen-bond donors (Lipinski definition) is 2. The first-order chi connectivity index (χ1) is 10.2. The van der Waals surface area contributed by atoms with Crippen molar-refractivity contribution in [2.45, 2.75) is 109 Å². The Balaban J connectivity index is -0.000000200. The Morgan fingerprint density at radius 3 is 1.19 bits per heavy atom. The van der Waals surface area contributed by atoms with Gasteiger partial charge in [-0.05, 0) is 6.42 Å². The number of carboxylic acids is 1. The van der Waals surface area contributed by atoms with Crippen molar-refractivity contribution in [1.82, 2.24) is 0 Å². The van der Waals surface area contributed by atoms with Gasteiger partial charge in [-0.2, -0.15) is 0 Å². The van der Waals surface area contributed by atoms with Gasteiger partial charge in [0.1, 0.15) is 0 Å². The van der Waals surface area contributed by atoms with Crippen LogP contribution >= 0.6 is 0 Å². The maximum absolute atomic E-state index is 10.4. The normalized spacial score (nSPS) is 10.1. The molecule has 8 heteroatoms. The quantitative estimate of drug-likeness (QED) is 0.286. The SMILES string of the molecule is CCCCCCCCCCCCCCCCC(O)C(=O)O.O.O.O.O.[Ti]. The number of hydrogen-bond acceptors (Lipinski definition) is 2. The summed E-state index contributed by atoms with van der Waals surface area (Å²) in [7, 11) is 0. The molecule has 0 aliphatic rings. The van der Waals surface area contributed by atoms with Crippen LogP contribution in [0.2, 0.25) is 0 Å². The Morgan fingerprint density at radius 2 is 0.923 bits per heavy atom. The molecule has 7 nitrogen and oxygen atoms in total. The van der Waals surface area contributed by atoms with Gasteiger partial charge in [-0.15, -0.1) is 0 Å². The van der Waals surface area contributed by atoms with Gasteiger partial charge in [0.05, 0.1) is 0 Å². The first kappa shape index (κ1) is 40.6. The largest absolute Gasteiger partial charge is 0.479 e. The number of aliphatic hydroxyl groups is 1. The molecule has 0 spiro atoms. The Bertz CT molecular complexity index is 244. The second-order valence-corrected chi connectivity index (χ2v) is 6.24. The second kappa shape index (κ2) is 32.6. The van der Waals surface area contributed by atoms with Gasteiger partial charge in [0.25, 0.3) is 0 Å². The molecule has 0 amide bonds. The fraction of sp³-hybridized carbons (Fsp3) is 0.944. The van der Waals surface area contributed by atoms with E-state index in [0.29, 0.717) is 6.42 Å². The molecule has 0 heterocycles. The van der Waals surface area contributed by atoms with Crippen molar-refractivity contribution in [2.24, 2.45) is 0 Å². The molecule has 0 saturated carbocycles. The number of unbranched alkanes of at least 4 members (excludes halogenated alkanes) is 13. The smallest absolute Gasteiger partial charge is 0.332 e. The van der Waals surface area contributed by atoms with Crippen LogP contribution in [0.5, 0.6) is 0 Å². The van der Waals surface area contributed by atoms with E-state index >= 15 is 0 Å². The van der Waals surface area contributed by atoms with Crippen LogP contribution in [0.1, 0.15) is 103 Å². The first-order valence-corrected chi connectivity index (χ1v) is 9.09. The van der Waals surface area contributed by atoms with E-state index in [0.717, 1.165) is 12.8 Å². The summed E-state index contributed by atoms with van der Waals surface area (Å²) in [4.78, 5) is 10.4. The molecule has 0 aromatic rings. The Hall–Kier alpha value is -0.0157. The molecule has 0 fully saturated rings. The van der Waals surface area contributed by atoms with Crippen LogP contribution in [-0.2, 0) is 26.5 Å². The monoisotopic (exact) mass is 420 g/mol. The van der Waals surface area contributed by atoms with Gasteiger partial charge in [-0.1, -0.05) is 96.8 Å². The fourth-order valence-electron chi connectivity index (χ4n) is 2.66. The molecule has 0 aromatic heterocycles. The van der Waals surface area contributed by atoms with E-state index in [1.165, 1.54) is 77.0 Å². The van der Waals surface area contributed by atoms with E-state index in [1.54, 1.807) is 0 Å². The minimum Gasteiger partial charge on any atom is -0.479 e. The average molecular weight is 420 g/mol. The van der Waals surface area contributed by atoms with Crippen molar-refractivity contribution in [3.05, 3.63) is 0 Å². The van der Waals surface area contributed by atoms with Crippen LogP contribution in [0.4, 0.5) is 0 Å². The number of rotatable bonds is 16. The zero-order chi connectivity index (χ0) is 15.8. The number of carbonyl (C=O) groups is 1. The Kier molecular flexibility index (Phi) is 51.0. The van der Waals surface area contributed by atoms with Crippen LogP contribution in [0.15, 0.2) is 0 Å². The molecule has 0 aliphatic heterocycles. The van der Waals surface area contributed by atoms with Gasteiger partial charge in [-0.3, -0.25) is 0 Å². The summed E-state index contributed by atoms with van der Waals surface area (Å²) in [5.41, 5.74) is 0. The first-order valence-electron chi connectivity index (χ1n) is 9.09. The van der Waals surface area contributed by atoms with E-state index in [-0.39, 0.29) is 43.6 Å². The van der Waals surface area contributed by atoms with Crippen LogP contribution in [-0.4, -0.2) is 44.2 Å². The van der Waals surface area contributed by atoms with Gasteiger partial charge in [0.2, 0.25) is 0 Å². The molecular formula is C18H44O7Ti. The summed E-state index contributed by atoms with van der Waals surface area (Å²) < 4.78 is 0. The standard InChI is InChI=1S/C18H36O3.4H2O.Ti/c1-2-3-4-5-6-7-8-9-10-11-12-13-14-15-16-17(19)18(20)21;;;;;/h17,19H,2-16H2,1H3,(H,20,21);4*1H2;. The van der Waals surface area contributed by atoms with Crippen molar-refractivity contribution in [3.63, 3.8) is 0 Å². The predicted molar refractivity (Wildman–Crippen MR) is 103 cm³/mol. The zero-order valence-electron chi connectivity index (χ0n) is 16.5. The van der Waals surface area contributed by atoms with E-state index in [1.807, 2.05) is 0 Å². The van der Waals surface area contributed by atoms with E-state index in [4.69, 9.17) is 10.2 Å². The molecule has 0 saturated heterocycles. The number of aliphatic carboxylic acids is 1. The summed E-state index contributed by atoms with van der Waals surface area (Å²) >= 11 is 0. The molecule has 0 aliphatic carbocycles. The summed E-state index contributed by atoms with van der Waals surface area (Å²) in [6.07, 6.45) is 17.3. The summed E-state index contributed by atoms with van der Waals surface area (Å²) in [5.74, 6) is -1.09. The van der Waals surface area contributed by atoms with Crippen molar-refractivity contribution < 1.29 is 58.6 Å². The van der Waals surface area contributed by atoms with Crippen molar-refractivity contribution in [1.29, 1.82) is 0 Å². The fourth-order valence-corrected chi connectivity index (χ4v) is 2.66. The van der Waals surface area contributed by atoms with Crippen LogP contribution in [0.3, 0.4) is 0 Å². The third kappa shape index (κ3) is 31.7. The third-order valence-corrected chi connectivity index (χ3v) is 4.12. The van der Waals surface area contributed by atoms with Crippen LogP contribution < -0.4 is 0 Å². The molecule has 0 radical (unpaired) electrons. The molecule has 10 N–H and O–H groups in total. The van der Waals surface area contributed by atoms with Gasteiger partial charge >= 0.3 is 5.97 Å². The van der Waals surface area contributed by atoms with Crippen LogP contribution in [0, 0.1) is 0 Å². The molecule has 26 heavy (non-hydrogen) atoms. The van der Waals surface area contributed by atoms with E-state index in [9.17, 15) is 4.79 Å². The minimum atomic E-state index is -1.16. The molecule has 0 bridgehead atoms. The number of aliphatic hydroxyl groups excluding tert-OH is 1. The zero-order valence-corrected chi connectivity index (χ0v) is 18.0. The second-order valence-electron chi connectivity index (χ2n) is 6.24. The van der Waals surface area contributed by atoms with Gasteiger partial charge in [0, 0.05) is 21.7 Å². The minimum absolute atomic E-state index is 0. The molecule has 1 unspecified atom stereocenters.